The average molecular weight is 748 g/mol. The third kappa shape index (κ3) is 18.6. The van der Waals surface area contributed by atoms with Crippen molar-refractivity contribution in [3.05, 3.63) is 35.9 Å². The van der Waals surface area contributed by atoms with Gasteiger partial charge in [-0.15, -0.1) is 0 Å². The summed E-state index contributed by atoms with van der Waals surface area (Å²) in [5, 5.41) is 41.9. The number of primary amides is 1. The molecule has 1 aromatic rings. The first-order valence-corrected chi connectivity index (χ1v) is 18.8. The minimum Gasteiger partial charge on any atom is -0.481 e. The Morgan fingerprint density at radius 3 is 1.74 bits per heavy atom. The van der Waals surface area contributed by atoms with Crippen molar-refractivity contribution >= 4 is 35.4 Å². The Labute approximate surface area is 314 Å². The van der Waals surface area contributed by atoms with Gasteiger partial charge in [-0.05, 0) is 62.3 Å². The maximum absolute atomic E-state index is 14.0. The maximum Gasteiger partial charge on any atom is 0.306 e. The maximum atomic E-state index is 14.0. The van der Waals surface area contributed by atoms with Crippen LogP contribution in [0.2, 0.25) is 0 Å². The molecular formula is C39H65N5O9. The highest BCUT2D eigenvalue weighted by Crippen LogP contribution is 2.20. The molecule has 0 heterocycles. The van der Waals surface area contributed by atoms with E-state index in [-0.39, 0.29) is 48.7 Å². The van der Waals surface area contributed by atoms with Crippen molar-refractivity contribution in [2.75, 3.05) is 0 Å². The Balaban J connectivity index is 3.10. The third-order valence-electron chi connectivity index (χ3n) is 8.99. The van der Waals surface area contributed by atoms with Crippen LogP contribution in [0.1, 0.15) is 106 Å². The summed E-state index contributed by atoms with van der Waals surface area (Å²) < 4.78 is 0. The van der Waals surface area contributed by atoms with Gasteiger partial charge >= 0.3 is 5.97 Å². The van der Waals surface area contributed by atoms with Crippen molar-refractivity contribution < 1.29 is 44.1 Å². The molecule has 0 aliphatic rings. The number of amides is 4. The van der Waals surface area contributed by atoms with Crippen molar-refractivity contribution in [1.82, 2.24) is 21.3 Å². The van der Waals surface area contributed by atoms with Gasteiger partial charge in [0.25, 0.3) is 0 Å². The summed E-state index contributed by atoms with van der Waals surface area (Å²) in [4.78, 5) is 76.7. The molecule has 0 fully saturated rings. The number of aliphatic carboxylic acids is 1. The molecule has 14 heteroatoms. The van der Waals surface area contributed by atoms with Crippen LogP contribution in [0.5, 0.6) is 0 Å². The topological polar surface area (TPSA) is 237 Å². The second kappa shape index (κ2) is 23.7. The molecule has 0 saturated heterocycles. The first kappa shape index (κ1) is 47.1. The molecule has 0 radical (unpaired) electrons. The van der Waals surface area contributed by atoms with E-state index in [0.717, 1.165) is 5.56 Å². The number of benzene rings is 1. The molecule has 3 unspecified atom stereocenters. The fourth-order valence-corrected chi connectivity index (χ4v) is 6.27. The van der Waals surface area contributed by atoms with Crippen LogP contribution in [-0.2, 0) is 35.2 Å². The summed E-state index contributed by atoms with van der Waals surface area (Å²) in [6.45, 7) is 14.6. The summed E-state index contributed by atoms with van der Waals surface area (Å²) >= 11 is 0. The molecule has 0 aliphatic carbocycles. The Bertz CT molecular complexity index is 1320. The van der Waals surface area contributed by atoms with Crippen molar-refractivity contribution in [3.63, 3.8) is 0 Å². The van der Waals surface area contributed by atoms with Crippen LogP contribution in [0.15, 0.2) is 30.3 Å². The summed E-state index contributed by atoms with van der Waals surface area (Å²) in [6, 6.07) is 4.73. The lowest BCUT2D eigenvalue weighted by Gasteiger charge is -2.31. The van der Waals surface area contributed by atoms with Gasteiger partial charge < -0.3 is 42.3 Å². The van der Waals surface area contributed by atoms with Gasteiger partial charge in [0, 0.05) is 18.4 Å². The van der Waals surface area contributed by atoms with Gasteiger partial charge in [-0.2, -0.15) is 0 Å². The molecular weight excluding hydrogens is 682 g/mol. The first-order valence-electron chi connectivity index (χ1n) is 18.8. The molecule has 0 spiro atoms. The standard InChI is InChI=1S/C39H65N5O9/c1-9-27(37(51)30(43-34(47)17-24(6)7)18-26-13-11-10-12-14-26)19-31(38(40)52)42-28(15-22(2)3)32(45)20-35(48)41-25(8)39(53)44-29(16-23(4)5)33(46)21-36(49)50/h10-14,22-25,27-33,42,45-46H,9,15-21H2,1-8H3,(H2,40,52)(H,41,48)(H,43,47)(H,44,53)(H,49,50)/t25?,27-,28-,29?,30-,31-,32?,33-/m0/s1. The second-order valence-electron chi connectivity index (χ2n) is 15.5. The van der Waals surface area contributed by atoms with E-state index in [1.165, 1.54) is 6.92 Å². The highest BCUT2D eigenvalue weighted by atomic mass is 16.4. The monoisotopic (exact) mass is 747 g/mol. The van der Waals surface area contributed by atoms with Gasteiger partial charge in [0.2, 0.25) is 23.6 Å². The van der Waals surface area contributed by atoms with Crippen molar-refractivity contribution in [3.8, 4) is 0 Å². The fraction of sp³-hybridized carbons (Fsp3) is 0.692. The van der Waals surface area contributed by atoms with Crippen LogP contribution in [0.4, 0.5) is 0 Å². The van der Waals surface area contributed by atoms with Crippen LogP contribution in [0, 0.1) is 23.7 Å². The summed E-state index contributed by atoms with van der Waals surface area (Å²) in [7, 11) is 0. The molecule has 300 valence electrons. The molecule has 0 saturated carbocycles. The SMILES string of the molecule is CC[C@@H](C[C@H](N[C@@H](CC(C)C)C(O)CC(=O)NC(C)C(=O)NC(CC(C)C)[C@@H](O)CC(=O)O)C(N)=O)C(=O)[C@H](Cc1ccccc1)NC(=O)CC(C)C. The van der Waals surface area contributed by atoms with E-state index in [1.807, 2.05) is 78.8 Å². The molecule has 0 aromatic heterocycles. The first-order chi connectivity index (χ1) is 24.7. The van der Waals surface area contributed by atoms with Crippen LogP contribution in [0.3, 0.4) is 0 Å². The minimum absolute atomic E-state index is 0.00595. The summed E-state index contributed by atoms with van der Waals surface area (Å²) in [5.41, 5.74) is 6.70. The second-order valence-corrected chi connectivity index (χ2v) is 15.5. The van der Waals surface area contributed by atoms with E-state index < -0.39 is 84.9 Å². The zero-order valence-corrected chi connectivity index (χ0v) is 32.8. The van der Waals surface area contributed by atoms with E-state index in [1.54, 1.807) is 0 Å². The van der Waals surface area contributed by atoms with Crippen molar-refractivity contribution in [2.45, 2.75) is 149 Å². The van der Waals surface area contributed by atoms with Gasteiger partial charge in [-0.3, -0.25) is 28.8 Å². The van der Waals surface area contributed by atoms with E-state index in [9.17, 15) is 39.0 Å². The number of nitrogens with one attached hydrogen (secondary N) is 4. The molecule has 14 nitrogen and oxygen atoms in total. The van der Waals surface area contributed by atoms with Crippen LogP contribution >= 0.6 is 0 Å². The van der Waals surface area contributed by atoms with Crippen LogP contribution in [-0.4, -0.2) is 93.1 Å². The Morgan fingerprint density at radius 1 is 0.679 bits per heavy atom. The quantitative estimate of drug-likeness (QED) is 0.0688. The lowest BCUT2D eigenvalue weighted by Crippen LogP contribution is -2.55. The minimum atomic E-state index is -1.33. The Hall–Kier alpha value is -3.88. The number of carboxylic acids is 1. The molecule has 4 amide bonds. The number of aliphatic hydroxyl groups is 2. The zero-order valence-electron chi connectivity index (χ0n) is 32.8. The molecule has 1 aromatic carbocycles. The van der Waals surface area contributed by atoms with Gasteiger partial charge in [0.1, 0.15) is 6.04 Å². The van der Waals surface area contributed by atoms with Gasteiger partial charge in [0.15, 0.2) is 5.78 Å². The van der Waals surface area contributed by atoms with Crippen LogP contribution in [0.25, 0.3) is 0 Å². The fourth-order valence-electron chi connectivity index (χ4n) is 6.27. The number of carbonyl (C=O) groups excluding carboxylic acids is 5. The van der Waals surface area contributed by atoms with Gasteiger partial charge in [-0.25, -0.2) is 0 Å². The number of hydrogen-bond acceptors (Lipinski definition) is 9. The number of hydrogen-bond donors (Lipinski definition) is 8. The van der Waals surface area contributed by atoms with E-state index >= 15 is 0 Å². The van der Waals surface area contributed by atoms with Gasteiger partial charge in [-0.1, -0.05) is 78.8 Å². The molecule has 0 aliphatic heterocycles. The average Bonchev–Trinajstić information content (AvgIpc) is 3.04. The zero-order chi connectivity index (χ0) is 40.4. The molecule has 9 N–H and O–H groups in total. The van der Waals surface area contributed by atoms with Crippen LogP contribution < -0.4 is 27.0 Å². The number of nitrogens with two attached hydrogens (primary N) is 1. The Kier molecular flexibility index (Phi) is 21.1. The molecule has 8 atom stereocenters. The van der Waals surface area contributed by atoms with E-state index in [0.29, 0.717) is 19.3 Å². The number of carboxylic acid groups (broad SMARTS) is 1. The normalized spacial score (nSPS) is 16.2. The van der Waals surface area contributed by atoms with Gasteiger partial charge in [0.05, 0.1) is 43.2 Å². The number of rotatable bonds is 26. The highest BCUT2D eigenvalue weighted by molar-refractivity contribution is 5.92. The Morgan fingerprint density at radius 2 is 1.23 bits per heavy atom. The lowest BCUT2D eigenvalue weighted by molar-refractivity contribution is -0.140. The van der Waals surface area contributed by atoms with Crippen molar-refractivity contribution in [1.29, 1.82) is 0 Å². The number of carbonyl (C=O) groups is 6. The predicted molar refractivity (Wildman–Crippen MR) is 202 cm³/mol. The molecule has 0 bridgehead atoms. The van der Waals surface area contributed by atoms with E-state index in [2.05, 4.69) is 21.3 Å². The lowest BCUT2D eigenvalue weighted by atomic mass is 9.86. The third-order valence-corrected chi connectivity index (χ3v) is 8.99. The van der Waals surface area contributed by atoms with E-state index in [4.69, 9.17) is 10.8 Å². The predicted octanol–water partition coefficient (Wildman–Crippen LogP) is 2.23. The molecule has 1 rings (SSSR count). The largest absolute Gasteiger partial charge is 0.481 e. The summed E-state index contributed by atoms with van der Waals surface area (Å²) in [6.07, 6.45) is -2.07. The number of ketones is 1. The highest BCUT2D eigenvalue weighted by Gasteiger charge is 2.34. The summed E-state index contributed by atoms with van der Waals surface area (Å²) in [5.74, 6) is -4.23. The number of aliphatic hydroxyl groups excluding tert-OH is 2. The van der Waals surface area contributed by atoms with Crippen molar-refractivity contribution in [2.24, 2.45) is 29.4 Å². The molecule has 53 heavy (non-hydrogen) atoms. The smallest absolute Gasteiger partial charge is 0.306 e. The number of Topliss-reactive ketones (excluding diaryl/α,β-unsaturated/α-hetero) is 1.